The first-order valence-electron chi connectivity index (χ1n) is 10.5. The second kappa shape index (κ2) is 10.2. The zero-order chi connectivity index (χ0) is 26.0. The average Bonchev–Trinajstić information content (AvgIpc) is 2.74. The van der Waals surface area contributed by atoms with E-state index in [-0.39, 0.29) is 34.6 Å². The van der Waals surface area contributed by atoms with Crippen molar-refractivity contribution in [2.45, 2.75) is 43.8 Å². The van der Waals surface area contributed by atoms with Crippen molar-refractivity contribution in [1.82, 2.24) is 5.32 Å². The molecule has 3 aromatic rings. The van der Waals surface area contributed by atoms with Crippen LogP contribution in [0.1, 0.15) is 36.7 Å². The van der Waals surface area contributed by atoms with Crippen LogP contribution in [-0.4, -0.2) is 28.5 Å². The maximum absolute atomic E-state index is 13.8. The van der Waals surface area contributed by atoms with Gasteiger partial charge in [0.05, 0.1) is 5.56 Å². The number of ether oxygens (including phenoxy) is 1. The number of carbonyl (C=O) groups excluding carboxylic acids is 1. The molecule has 0 aliphatic carbocycles. The van der Waals surface area contributed by atoms with Gasteiger partial charge in [-0.15, -0.1) is 0 Å². The van der Waals surface area contributed by atoms with E-state index in [1.54, 1.807) is 20.8 Å². The molecule has 1 amide bonds. The van der Waals surface area contributed by atoms with Crippen molar-refractivity contribution in [3.8, 4) is 5.75 Å². The highest BCUT2D eigenvalue weighted by molar-refractivity contribution is 8.00. The van der Waals surface area contributed by atoms with Crippen molar-refractivity contribution in [2.75, 3.05) is 0 Å². The molecule has 35 heavy (non-hydrogen) atoms. The Morgan fingerprint density at radius 1 is 1.03 bits per heavy atom. The summed E-state index contributed by atoms with van der Waals surface area (Å²) in [5.41, 5.74) is -4.60. The summed E-state index contributed by atoms with van der Waals surface area (Å²) in [6.07, 6.45) is 0. The molecule has 0 unspecified atom stereocenters. The SMILES string of the molecule is CC(C)(C)[C@H](NC(=O)c1ccc2cc(F)ccc2c1OCc1ccc(SC(F)(F)F)cc1)C(=O)O. The molecule has 0 saturated heterocycles. The number of fused-ring (bicyclic) bond motifs is 1. The van der Waals surface area contributed by atoms with Gasteiger partial charge in [-0.1, -0.05) is 39.0 Å². The molecule has 0 radical (unpaired) electrons. The monoisotopic (exact) mass is 509 g/mol. The minimum absolute atomic E-state index is 0.0174. The molecule has 0 aliphatic heterocycles. The first kappa shape index (κ1) is 26.3. The van der Waals surface area contributed by atoms with Crippen LogP contribution >= 0.6 is 11.8 Å². The lowest BCUT2D eigenvalue weighted by molar-refractivity contribution is -0.142. The minimum atomic E-state index is -4.40. The summed E-state index contributed by atoms with van der Waals surface area (Å²) < 4.78 is 57.3. The molecule has 3 rings (SSSR count). The summed E-state index contributed by atoms with van der Waals surface area (Å²) in [5.74, 6) is -2.28. The Hall–Kier alpha value is -3.27. The quantitative estimate of drug-likeness (QED) is 0.285. The lowest BCUT2D eigenvalue weighted by atomic mass is 9.86. The highest BCUT2D eigenvalue weighted by atomic mass is 32.2. The van der Waals surface area contributed by atoms with Crippen LogP contribution in [0.4, 0.5) is 17.6 Å². The van der Waals surface area contributed by atoms with Crippen LogP contribution in [0.2, 0.25) is 0 Å². The van der Waals surface area contributed by atoms with E-state index in [4.69, 9.17) is 4.74 Å². The molecule has 0 heterocycles. The van der Waals surface area contributed by atoms with Crippen molar-refractivity contribution in [1.29, 1.82) is 0 Å². The Morgan fingerprint density at radius 2 is 1.69 bits per heavy atom. The number of thioether (sulfide) groups is 1. The molecule has 0 aromatic heterocycles. The van der Waals surface area contributed by atoms with E-state index >= 15 is 0 Å². The van der Waals surface area contributed by atoms with Crippen molar-refractivity contribution in [3.05, 3.63) is 71.5 Å². The number of carboxylic acids is 1. The fourth-order valence-corrected chi connectivity index (χ4v) is 3.95. The fourth-order valence-electron chi connectivity index (χ4n) is 3.41. The number of aliphatic carboxylic acids is 1. The van der Waals surface area contributed by atoms with Crippen LogP contribution < -0.4 is 10.1 Å². The van der Waals surface area contributed by atoms with Crippen LogP contribution in [-0.2, 0) is 11.4 Å². The van der Waals surface area contributed by atoms with E-state index in [1.807, 2.05) is 0 Å². The lowest BCUT2D eigenvalue weighted by Crippen LogP contribution is -2.49. The summed E-state index contributed by atoms with van der Waals surface area (Å²) in [6, 6.07) is 11.2. The Kier molecular flexibility index (Phi) is 7.64. The van der Waals surface area contributed by atoms with Crippen LogP contribution in [0, 0.1) is 11.2 Å². The van der Waals surface area contributed by atoms with Gasteiger partial charge < -0.3 is 15.2 Å². The molecule has 186 valence electrons. The number of halogens is 4. The van der Waals surface area contributed by atoms with Crippen LogP contribution in [0.5, 0.6) is 5.75 Å². The smallest absolute Gasteiger partial charge is 0.446 e. The number of amides is 1. The summed E-state index contributed by atoms with van der Waals surface area (Å²) in [4.78, 5) is 24.8. The van der Waals surface area contributed by atoms with Gasteiger partial charge in [0, 0.05) is 10.3 Å². The van der Waals surface area contributed by atoms with Gasteiger partial charge >= 0.3 is 11.5 Å². The lowest BCUT2D eigenvalue weighted by Gasteiger charge is -2.28. The van der Waals surface area contributed by atoms with Crippen molar-refractivity contribution < 1.29 is 37.0 Å². The third-order valence-corrected chi connectivity index (χ3v) is 5.84. The summed E-state index contributed by atoms with van der Waals surface area (Å²) in [7, 11) is 0. The standard InChI is InChI=1S/C25H23F4NO4S/c1-24(2,3)21(23(32)33)30-22(31)19-10-6-15-12-16(26)7-11-18(15)20(19)34-13-14-4-8-17(9-5-14)35-25(27,28)29/h4-12,21H,13H2,1-3H3,(H,30,31)(H,32,33)/t21-/m1/s1. The van der Waals surface area contributed by atoms with E-state index in [9.17, 15) is 32.3 Å². The van der Waals surface area contributed by atoms with Gasteiger partial charge in [0.1, 0.15) is 24.2 Å². The molecule has 3 aromatic carbocycles. The van der Waals surface area contributed by atoms with Crippen LogP contribution in [0.15, 0.2) is 59.5 Å². The number of benzene rings is 3. The van der Waals surface area contributed by atoms with E-state index in [0.29, 0.717) is 16.3 Å². The topological polar surface area (TPSA) is 75.6 Å². The first-order chi connectivity index (χ1) is 16.2. The van der Waals surface area contributed by atoms with Gasteiger partial charge in [0.15, 0.2) is 0 Å². The molecular formula is C25H23F4NO4S. The summed E-state index contributed by atoms with van der Waals surface area (Å²) >= 11 is -0.234. The van der Waals surface area contributed by atoms with Crippen LogP contribution in [0.3, 0.4) is 0 Å². The Balaban J connectivity index is 1.93. The van der Waals surface area contributed by atoms with Gasteiger partial charge in [0.2, 0.25) is 0 Å². The average molecular weight is 510 g/mol. The number of rotatable bonds is 7. The zero-order valence-corrected chi connectivity index (χ0v) is 19.9. The van der Waals surface area contributed by atoms with E-state index in [1.165, 1.54) is 54.6 Å². The number of hydrogen-bond acceptors (Lipinski definition) is 4. The second-order valence-corrected chi connectivity index (χ2v) is 10.0. The van der Waals surface area contributed by atoms with Crippen molar-refractivity contribution in [2.24, 2.45) is 5.41 Å². The van der Waals surface area contributed by atoms with Crippen molar-refractivity contribution in [3.63, 3.8) is 0 Å². The van der Waals surface area contributed by atoms with Crippen LogP contribution in [0.25, 0.3) is 10.8 Å². The van der Waals surface area contributed by atoms with Crippen molar-refractivity contribution >= 4 is 34.4 Å². The molecule has 10 heteroatoms. The first-order valence-corrected chi connectivity index (χ1v) is 11.3. The molecule has 0 spiro atoms. The van der Waals surface area contributed by atoms with Gasteiger partial charge in [-0.3, -0.25) is 4.79 Å². The number of carbonyl (C=O) groups is 2. The Bertz CT molecular complexity index is 1240. The molecule has 2 N–H and O–H groups in total. The molecule has 0 fully saturated rings. The number of alkyl halides is 3. The maximum atomic E-state index is 13.8. The van der Waals surface area contributed by atoms with Gasteiger partial charge in [-0.2, -0.15) is 13.2 Å². The van der Waals surface area contributed by atoms with E-state index in [0.717, 1.165) is 0 Å². The Labute approximate surface area is 203 Å². The normalized spacial score (nSPS) is 12.9. The minimum Gasteiger partial charge on any atom is -0.487 e. The summed E-state index contributed by atoms with van der Waals surface area (Å²) in [5, 5.41) is 13.0. The fraction of sp³-hybridized carbons (Fsp3) is 0.280. The van der Waals surface area contributed by atoms with Gasteiger partial charge in [-0.05, 0) is 64.5 Å². The molecule has 5 nitrogen and oxygen atoms in total. The molecule has 0 bridgehead atoms. The third-order valence-electron chi connectivity index (χ3n) is 5.11. The predicted molar refractivity (Wildman–Crippen MR) is 125 cm³/mol. The third kappa shape index (κ3) is 6.88. The van der Waals surface area contributed by atoms with E-state index < -0.39 is 34.7 Å². The number of hydrogen-bond donors (Lipinski definition) is 2. The van der Waals surface area contributed by atoms with Gasteiger partial charge in [-0.25, -0.2) is 9.18 Å². The highest BCUT2D eigenvalue weighted by Crippen LogP contribution is 2.37. The molecule has 0 aliphatic rings. The van der Waals surface area contributed by atoms with Gasteiger partial charge in [0.25, 0.3) is 5.91 Å². The zero-order valence-electron chi connectivity index (χ0n) is 19.1. The van der Waals surface area contributed by atoms with E-state index in [2.05, 4.69) is 5.32 Å². The summed E-state index contributed by atoms with van der Waals surface area (Å²) in [6.45, 7) is 4.93. The molecule has 1 atom stereocenters. The largest absolute Gasteiger partial charge is 0.487 e. The predicted octanol–water partition coefficient (Wildman–Crippen LogP) is 6.40. The number of nitrogens with one attached hydrogen (secondary N) is 1. The highest BCUT2D eigenvalue weighted by Gasteiger charge is 2.33. The molecular weight excluding hydrogens is 486 g/mol. The maximum Gasteiger partial charge on any atom is 0.446 e. The second-order valence-electron chi connectivity index (χ2n) is 8.90. The molecule has 0 saturated carbocycles. The number of carboxylic acid groups (broad SMARTS) is 1. The Morgan fingerprint density at radius 3 is 2.26 bits per heavy atom.